The third-order valence-corrected chi connectivity index (χ3v) is 3.80. The summed E-state index contributed by atoms with van der Waals surface area (Å²) in [5, 5.41) is 5.20. The SMILES string of the molecule is Cc1ccc(C[NH+](C)CC(=O)Nc2cccc3ccccc23)o1. The summed E-state index contributed by atoms with van der Waals surface area (Å²) in [6.45, 7) is 3.01. The summed E-state index contributed by atoms with van der Waals surface area (Å²) < 4.78 is 5.56. The molecule has 0 saturated carbocycles. The van der Waals surface area contributed by atoms with Crippen LogP contribution in [0.15, 0.2) is 59.0 Å². The van der Waals surface area contributed by atoms with Crippen LogP contribution in [0.1, 0.15) is 11.5 Å². The number of hydrogen-bond donors (Lipinski definition) is 2. The Hall–Kier alpha value is -2.59. The van der Waals surface area contributed by atoms with Crippen molar-refractivity contribution in [1.29, 1.82) is 0 Å². The van der Waals surface area contributed by atoms with Gasteiger partial charge < -0.3 is 14.6 Å². The van der Waals surface area contributed by atoms with Gasteiger partial charge in [0.25, 0.3) is 5.91 Å². The zero-order chi connectivity index (χ0) is 16.2. The van der Waals surface area contributed by atoms with Gasteiger partial charge in [0.1, 0.15) is 12.3 Å². The molecule has 2 aromatic carbocycles. The monoisotopic (exact) mass is 309 g/mol. The summed E-state index contributed by atoms with van der Waals surface area (Å²) in [5.74, 6) is 1.80. The van der Waals surface area contributed by atoms with Gasteiger partial charge in [-0.05, 0) is 30.5 Å². The minimum absolute atomic E-state index is 0.00197. The van der Waals surface area contributed by atoms with Crippen molar-refractivity contribution in [3.8, 4) is 0 Å². The number of fused-ring (bicyclic) bond motifs is 1. The summed E-state index contributed by atoms with van der Waals surface area (Å²) in [5.41, 5.74) is 0.856. The number of likely N-dealkylation sites (N-methyl/N-ethyl adjacent to an activating group) is 1. The Kier molecular flexibility index (Phi) is 4.44. The van der Waals surface area contributed by atoms with Gasteiger partial charge in [0, 0.05) is 11.1 Å². The number of carbonyl (C=O) groups excluding carboxylic acids is 1. The smallest absolute Gasteiger partial charge is 0.279 e. The number of aryl methyl sites for hydroxylation is 1. The van der Waals surface area contributed by atoms with Crippen molar-refractivity contribution >= 4 is 22.4 Å². The first-order chi connectivity index (χ1) is 11.1. The predicted molar refractivity (Wildman–Crippen MR) is 91.5 cm³/mol. The molecule has 0 radical (unpaired) electrons. The van der Waals surface area contributed by atoms with Gasteiger partial charge >= 0.3 is 0 Å². The lowest BCUT2D eigenvalue weighted by molar-refractivity contribution is -0.886. The van der Waals surface area contributed by atoms with Crippen molar-refractivity contribution in [3.63, 3.8) is 0 Å². The van der Waals surface area contributed by atoms with Gasteiger partial charge in [-0.2, -0.15) is 0 Å². The highest BCUT2D eigenvalue weighted by Gasteiger charge is 2.13. The van der Waals surface area contributed by atoms with E-state index in [0.717, 1.165) is 32.9 Å². The van der Waals surface area contributed by atoms with Gasteiger partial charge in [-0.15, -0.1) is 0 Å². The van der Waals surface area contributed by atoms with Crippen LogP contribution in [0.5, 0.6) is 0 Å². The molecule has 23 heavy (non-hydrogen) atoms. The lowest BCUT2D eigenvalue weighted by Gasteiger charge is -2.13. The quantitative estimate of drug-likeness (QED) is 0.760. The van der Waals surface area contributed by atoms with Crippen LogP contribution < -0.4 is 10.2 Å². The number of benzene rings is 2. The van der Waals surface area contributed by atoms with E-state index in [1.165, 1.54) is 0 Å². The fourth-order valence-electron chi connectivity index (χ4n) is 2.74. The molecule has 2 N–H and O–H groups in total. The molecule has 1 amide bonds. The minimum Gasteiger partial charge on any atom is -0.460 e. The first kappa shape index (κ1) is 15.3. The van der Waals surface area contributed by atoms with E-state index in [0.29, 0.717) is 13.1 Å². The first-order valence-corrected chi connectivity index (χ1v) is 7.76. The third kappa shape index (κ3) is 3.79. The van der Waals surface area contributed by atoms with E-state index < -0.39 is 0 Å². The predicted octanol–water partition coefficient (Wildman–Crippen LogP) is 2.39. The Labute approximate surface area is 135 Å². The molecule has 0 saturated heterocycles. The van der Waals surface area contributed by atoms with Gasteiger partial charge in [-0.25, -0.2) is 0 Å². The highest BCUT2D eigenvalue weighted by Crippen LogP contribution is 2.22. The number of hydrogen-bond acceptors (Lipinski definition) is 2. The molecule has 1 heterocycles. The molecule has 4 heteroatoms. The van der Waals surface area contributed by atoms with Crippen LogP contribution in [0, 0.1) is 6.92 Å². The van der Waals surface area contributed by atoms with Crippen LogP contribution in [0.4, 0.5) is 5.69 Å². The zero-order valence-electron chi connectivity index (χ0n) is 13.4. The van der Waals surface area contributed by atoms with Crippen LogP contribution in [-0.4, -0.2) is 19.5 Å². The van der Waals surface area contributed by atoms with Crippen molar-refractivity contribution in [2.24, 2.45) is 0 Å². The largest absolute Gasteiger partial charge is 0.460 e. The Bertz CT molecular complexity index is 818. The molecule has 3 rings (SSSR count). The van der Waals surface area contributed by atoms with Gasteiger partial charge in [0.15, 0.2) is 12.3 Å². The van der Waals surface area contributed by atoms with Crippen LogP contribution in [0.3, 0.4) is 0 Å². The maximum Gasteiger partial charge on any atom is 0.279 e. The number of anilines is 1. The second-order valence-corrected chi connectivity index (χ2v) is 5.90. The molecule has 0 fully saturated rings. The molecule has 0 spiro atoms. The number of carbonyl (C=O) groups is 1. The van der Waals surface area contributed by atoms with E-state index in [9.17, 15) is 4.79 Å². The molecule has 1 aromatic heterocycles. The van der Waals surface area contributed by atoms with E-state index in [1.807, 2.05) is 68.6 Å². The maximum atomic E-state index is 12.3. The normalized spacial score (nSPS) is 12.3. The lowest BCUT2D eigenvalue weighted by atomic mass is 10.1. The van der Waals surface area contributed by atoms with Crippen molar-refractivity contribution in [1.82, 2.24) is 0 Å². The molecule has 4 nitrogen and oxygen atoms in total. The van der Waals surface area contributed by atoms with Crippen molar-refractivity contribution in [3.05, 3.63) is 66.1 Å². The molecule has 0 aliphatic heterocycles. The molecule has 3 aromatic rings. The van der Waals surface area contributed by atoms with E-state index >= 15 is 0 Å². The van der Waals surface area contributed by atoms with Gasteiger partial charge in [0.05, 0.1) is 7.05 Å². The van der Waals surface area contributed by atoms with Gasteiger partial charge in [0.2, 0.25) is 0 Å². The maximum absolute atomic E-state index is 12.3. The second kappa shape index (κ2) is 6.67. The molecule has 0 aliphatic rings. The van der Waals surface area contributed by atoms with Gasteiger partial charge in [-0.1, -0.05) is 36.4 Å². The fraction of sp³-hybridized carbons (Fsp3) is 0.211. The fourth-order valence-corrected chi connectivity index (χ4v) is 2.74. The van der Waals surface area contributed by atoms with E-state index in [2.05, 4.69) is 5.32 Å². The van der Waals surface area contributed by atoms with Crippen molar-refractivity contribution < 1.29 is 14.1 Å². The number of amides is 1. The Balaban J connectivity index is 1.64. The Morgan fingerprint density at radius 1 is 1.09 bits per heavy atom. The molecular weight excluding hydrogens is 288 g/mol. The summed E-state index contributed by atoms with van der Waals surface area (Å²) >= 11 is 0. The average molecular weight is 309 g/mol. The van der Waals surface area contributed by atoms with Crippen molar-refractivity contribution in [2.45, 2.75) is 13.5 Å². The number of quaternary nitrogens is 1. The summed E-state index contributed by atoms with van der Waals surface area (Å²) in [6.07, 6.45) is 0. The second-order valence-electron chi connectivity index (χ2n) is 5.90. The highest BCUT2D eigenvalue weighted by molar-refractivity contribution is 6.02. The summed E-state index contributed by atoms with van der Waals surface area (Å²) in [7, 11) is 1.99. The standard InChI is InChI=1S/C19H20N2O2/c1-14-10-11-16(23-14)12-21(2)13-19(22)20-18-9-5-7-15-6-3-4-8-17(15)18/h3-11H,12-13H2,1-2H3,(H,20,22)/p+1. The van der Waals surface area contributed by atoms with E-state index in [1.54, 1.807) is 0 Å². The highest BCUT2D eigenvalue weighted by atomic mass is 16.3. The molecular formula is C19H21N2O2+. The molecule has 0 bridgehead atoms. The topological polar surface area (TPSA) is 46.7 Å². The van der Waals surface area contributed by atoms with E-state index in [4.69, 9.17) is 4.42 Å². The zero-order valence-corrected chi connectivity index (χ0v) is 13.4. The molecule has 1 atom stereocenters. The number of rotatable bonds is 5. The van der Waals surface area contributed by atoms with Crippen LogP contribution in [0.2, 0.25) is 0 Å². The number of furan rings is 1. The third-order valence-electron chi connectivity index (χ3n) is 3.80. The number of nitrogens with one attached hydrogen (secondary N) is 2. The van der Waals surface area contributed by atoms with Gasteiger partial charge in [-0.3, -0.25) is 4.79 Å². The lowest BCUT2D eigenvalue weighted by Crippen LogP contribution is -3.08. The minimum atomic E-state index is 0.00197. The first-order valence-electron chi connectivity index (χ1n) is 7.76. The van der Waals surface area contributed by atoms with Crippen LogP contribution in [0.25, 0.3) is 10.8 Å². The molecule has 118 valence electrons. The molecule has 1 unspecified atom stereocenters. The van der Waals surface area contributed by atoms with E-state index in [-0.39, 0.29) is 5.91 Å². The Morgan fingerprint density at radius 3 is 2.65 bits per heavy atom. The van der Waals surface area contributed by atoms with Crippen molar-refractivity contribution in [2.75, 3.05) is 18.9 Å². The summed E-state index contributed by atoms with van der Waals surface area (Å²) in [6, 6.07) is 17.9. The summed E-state index contributed by atoms with van der Waals surface area (Å²) in [4.78, 5) is 13.4. The van der Waals surface area contributed by atoms with Crippen LogP contribution in [-0.2, 0) is 11.3 Å². The Morgan fingerprint density at radius 2 is 1.87 bits per heavy atom. The van der Waals surface area contributed by atoms with Crippen LogP contribution >= 0.6 is 0 Å². The average Bonchev–Trinajstić information content (AvgIpc) is 2.92. The molecule has 0 aliphatic carbocycles.